The maximum atomic E-state index is 6.32. The molecule has 0 saturated carbocycles. The van der Waals surface area contributed by atoms with Crippen molar-refractivity contribution in [2.24, 2.45) is 5.73 Å². The van der Waals surface area contributed by atoms with Crippen LogP contribution in [0.5, 0.6) is 0 Å². The second kappa shape index (κ2) is 7.25. The van der Waals surface area contributed by atoms with E-state index in [0.29, 0.717) is 0 Å². The number of nitrogens with two attached hydrogens (primary N) is 1. The summed E-state index contributed by atoms with van der Waals surface area (Å²) in [6.45, 7) is 4.34. The monoisotopic (exact) mass is 267 g/mol. The third-order valence-corrected chi connectivity index (χ3v) is 3.80. The fraction of sp³-hybridized carbons (Fsp3) is 0.368. The fourth-order valence-corrected chi connectivity index (χ4v) is 2.41. The predicted molar refractivity (Wildman–Crippen MR) is 86.9 cm³/mol. The van der Waals surface area contributed by atoms with Gasteiger partial charge >= 0.3 is 0 Å². The Bertz CT molecular complexity index is 510. The quantitative estimate of drug-likeness (QED) is 0.814. The molecule has 20 heavy (non-hydrogen) atoms. The van der Waals surface area contributed by atoms with E-state index in [0.717, 1.165) is 6.42 Å². The van der Waals surface area contributed by atoms with Gasteiger partial charge in [0, 0.05) is 6.04 Å². The smallest absolute Gasteiger partial charge is 0.0335 e. The van der Waals surface area contributed by atoms with E-state index in [4.69, 9.17) is 5.73 Å². The Morgan fingerprint density at radius 2 is 1.50 bits per heavy atom. The molecule has 1 heteroatoms. The summed E-state index contributed by atoms with van der Waals surface area (Å²) in [7, 11) is 0. The Labute approximate surface area is 122 Å². The minimum Gasteiger partial charge on any atom is -0.324 e. The van der Waals surface area contributed by atoms with E-state index >= 15 is 0 Å². The summed E-state index contributed by atoms with van der Waals surface area (Å²) in [6.07, 6.45) is 4.57. The Hall–Kier alpha value is -1.60. The van der Waals surface area contributed by atoms with E-state index < -0.39 is 0 Å². The summed E-state index contributed by atoms with van der Waals surface area (Å²) in [6, 6.07) is 17.5. The third-order valence-electron chi connectivity index (χ3n) is 3.80. The zero-order valence-electron chi connectivity index (χ0n) is 12.6. The normalized spacial score (nSPS) is 12.3. The molecule has 0 aliphatic rings. The van der Waals surface area contributed by atoms with Gasteiger partial charge in [-0.15, -0.1) is 0 Å². The van der Waals surface area contributed by atoms with Gasteiger partial charge in [-0.25, -0.2) is 0 Å². The Balaban J connectivity index is 1.98. The first kappa shape index (κ1) is 14.8. The van der Waals surface area contributed by atoms with Gasteiger partial charge in [0.1, 0.15) is 0 Å². The van der Waals surface area contributed by atoms with Crippen molar-refractivity contribution < 1.29 is 0 Å². The fourth-order valence-electron chi connectivity index (χ4n) is 2.41. The maximum absolute atomic E-state index is 6.32. The molecule has 1 nitrogen and oxygen atoms in total. The molecule has 0 radical (unpaired) electrons. The molecule has 0 aliphatic carbocycles. The van der Waals surface area contributed by atoms with Crippen molar-refractivity contribution in [3.8, 4) is 0 Å². The van der Waals surface area contributed by atoms with Crippen LogP contribution in [-0.2, 0) is 12.8 Å². The van der Waals surface area contributed by atoms with Gasteiger partial charge in [0.25, 0.3) is 0 Å². The van der Waals surface area contributed by atoms with Crippen LogP contribution >= 0.6 is 0 Å². The second-order valence-electron chi connectivity index (χ2n) is 5.64. The lowest BCUT2D eigenvalue weighted by Gasteiger charge is -2.13. The largest absolute Gasteiger partial charge is 0.324 e. The minimum absolute atomic E-state index is 0.0814. The molecule has 106 valence electrons. The number of unbranched alkanes of at least 4 members (excludes halogenated alkanes) is 1. The molecule has 0 spiro atoms. The minimum atomic E-state index is 0.0814. The van der Waals surface area contributed by atoms with E-state index in [2.05, 4.69) is 62.4 Å². The molecule has 0 saturated heterocycles. The van der Waals surface area contributed by atoms with Crippen LogP contribution in [-0.4, -0.2) is 0 Å². The summed E-state index contributed by atoms with van der Waals surface area (Å²) in [5, 5.41) is 0. The van der Waals surface area contributed by atoms with E-state index in [1.54, 1.807) is 0 Å². The number of rotatable bonds is 6. The SMILES string of the molecule is CCCCc1ccc(C(N)Cc2ccc(C)cc2)cc1. The average molecular weight is 267 g/mol. The number of aryl methyl sites for hydroxylation is 2. The summed E-state index contributed by atoms with van der Waals surface area (Å²) >= 11 is 0. The molecule has 0 amide bonds. The summed E-state index contributed by atoms with van der Waals surface area (Å²) in [5.41, 5.74) is 11.6. The molecule has 1 atom stereocenters. The van der Waals surface area contributed by atoms with Crippen molar-refractivity contribution in [3.05, 3.63) is 70.8 Å². The molecule has 0 bridgehead atoms. The van der Waals surface area contributed by atoms with Crippen LogP contribution in [0.25, 0.3) is 0 Å². The van der Waals surface area contributed by atoms with Gasteiger partial charge in [-0.3, -0.25) is 0 Å². The lowest BCUT2D eigenvalue weighted by atomic mass is 9.97. The van der Waals surface area contributed by atoms with Crippen LogP contribution in [0.15, 0.2) is 48.5 Å². The molecule has 2 aromatic rings. The van der Waals surface area contributed by atoms with E-state index in [-0.39, 0.29) is 6.04 Å². The molecule has 0 aliphatic heterocycles. The molecule has 0 fully saturated rings. The van der Waals surface area contributed by atoms with Gasteiger partial charge in [0.2, 0.25) is 0 Å². The van der Waals surface area contributed by atoms with Crippen molar-refractivity contribution in [2.75, 3.05) is 0 Å². The highest BCUT2D eigenvalue weighted by Crippen LogP contribution is 2.18. The van der Waals surface area contributed by atoms with Crippen molar-refractivity contribution in [1.29, 1.82) is 0 Å². The lowest BCUT2D eigenvalue weighted by Crippen LogP contribution is -2.13. The molecular weight excluding hydrogens is 242 g/mol. The van der Waals surface area contributed by atoms with Gasteiger partial charge in [-0.05, 0) is 42.9 Å². The first-order valence-electron chi connectivity index (χ1n) is 7.59. The van der Waals surface area contributed by atoms with Crippen molar-refractivity contribution in [3.63, 3.8) is 0 Å². The first-order valence-corrected chi connectivity index (χ1v) is 7.59. The van der Waals surface area contributed by atoms with Crippen LogP contribution in [0.1, 0.15) is 48.1 Å². The third kappa shape index (κ3) is 4.21. The topological polar surface area (TPSA) is 26.0 Å². The molecule has 2 aromatic carbocycles. The lowest BCUT2D eigenvalue weighted by molar-refractivity contribution is 0.720. The Morgan fingerprint density at radius 3 is 2.10 bits per heavy atom. The standard InChI is InChI=1S/C19H25N/c1-3-4-5-16-10-12-18(13-11-16)19(20)14-17-8-6-15(2)7-9-17/h6-13,19H,3-5,14,20H2,1-2H3. The van der Waals surface area contributed by atoms with Gasteiger partial charge in [-0.2, -0.15) is 0 Å². The highest BCUT2D eigenvalue weighted by molar-refractivity contribution is 5.28. The number of hydrogen-bond acceptors (Lipinski definition) is 1. The average Bonchev–Trinajstić information content (AvgIpc) is 2.48. The maximum Gasteiger partial charge on any atom is 0.0335 e. The van der Waals surface area contributed by atoms with Crippen LogP contribution in [0.4, 0.5) is 0 Å². The molecule has 1 unspecified atom stereocenters. The Kier molecular flexibility index (Phi) is 5.37. The van der Waals surface area contributed by atoms with E-state index in [1.807, 2.05) is 0 Å². The Morgan fingerprint density at radius 1 is 0.900 bits per heavy atom. The highest BCUT2D eigenvalue weighted by atomic mass is 14.6. The van der Waals surface area contributed by atoms with E-state index in [1.165, 1.54) is 41.5 Å². The first-order chi connectivity index (χ1) is 9.69. The van der Waals surface area contributed by atoms with Crippen LogP contribution in [0.3, 0.4) is 0 Å². The van der Waals surface area contributed by atoms with Gasteiger partial charge in [-0.1, -0.05) is 67.4 Å². The number of benzene rings is 2. The van der Waals surface area contributed by atoms with Gasteiger partial charge in [0.05, 0.1) is 0 Å². The van der Waals surface area contributed by atoms with Gasteiger partial charge < -0.3 is 5.73 Å². The molecule has 2 rings (SSSR count). The van der Waals surface area contributed by atoms with Crippen LogP contribution in [0.2, 0.25) is 0 Å². The van der Waals surface area contributed by atoms with E-state index in [9.17, 15) is 0 Å². The summed E-state index contributed by atoms with van der Waals surface area (Å²) < 4.78 is 0. The van der Waals surface area contributed by atoms with Gasteiger partial charge in [0.15, 0.2) is 0 Å². The summed E-state index contributed by atoms with van der Waals surface area (Å²) in [4.78, 5) is 0. The summed E-state index contributed by atoms with van der Waals surface area (Å²) in [5.74, 6) is 0. The predicted octanol–water partition coefficient (Wildman–Crippen LogP) is 4.58. The van der Waals surface area contributed by atoms with Crippen molar-refractivity contribution in [1.82, 2.24) is 0 Å². The molecule has 0 heterocycles. The zero-order chi connectivity index (χ0) is 14.4. The second-order valence-corrected chi connectivity index (χ2v) is 5.64. The van der Waals surface area contributed by atoms with Crippen molar-refractivity contribution >= 4 is 0 Å². The zero-order valence-corrected chi connectivity index (χ0v) is 12.6. The van der Waals surface area contributed by atoms with Crippen LogP contribution in [0, 0.1) is 6.92 Å². The molecule has 2 N–H and O–H groups in total. The highest BCUT2D eigenvalue weighted by Gasteiger charge is 2.07. The molecule has 0 aromatic heterocycles. The van der Waals surface area contributed by atoms with Crippen molar-refractivity contribution in [2.45, 2.75) is 45.6 Å². The van der Waals surface area contributed by atoms with Crippen LogP contribution < -0.4 is 5.73 Å². The molecular formula is C19H25N. The number of hydrogen-bond donors (Lipinski definition) is 1.